The van der Waals surface area contributed by atoms with E-state index in [4.69, 9.17) is 5.41 Å². The number of carbonyl (C=O) groups excluding carboxylic acids is 1. The molecule has 0 saturated carbocycles. The van der Waals surface area contributed by atoms with Gasteiger partial charge >= 0.3 is 0 Å². The molecular formula is C6H9N3O. The summed E-state index contributed by atoms with van der Waals surface area (Å²) in [6, 6.07) is 0. The number of carbonyl (C=O) groups is 1. The molecule has 4 heteroatoms. The van der Waals surface area contributed by atoms with E-state index in [9.17, 15) is 4.79 Å². The van der Waals surface area contributed by atoms with E-state index >= 15 is 0 Å². The van der Waals surface area contributed by atoms with Crippen LogP contribution >= 0.6 is 0 Å². The van der Waals surface area contributed by atoms with Crippen molar-refractivity contribution in [3.63, 3.8) is 0 Å². The Bertz CT molecular complexity index is 307. The topological polar surface area (TPSA) is 50.8 Å². The third kappa shape index (κ3) is 0.877. The van der Waals surface area contributed by atoms with E-state index in [-0.39, 0.29) is 11.5 Å². The molecule has 0 amide bonds. The Labute approximate surface area is 58.2 Å². The second-order valence-electron chi connectivity index (χ2n) is 2.12. The summed E-state index contributed by atoms with van der Waals surface area (Å²) < 4.78 is 2.85. The van der Waals surface area contributed by atoms with Crippen LogP contribution in [0.15, 0.2) is 12.4 Å². The highest BCUT2D eigenvalue weighted by Gasteiger charge is 1.98. The Kier molecular flexibility index (Phi) is 1.45. The molecule has 0 radical (unpaired) electrons. The normalized spacial score (nSPS) is 9.80. The van der Waals surface area contributed by atoms with E-state index in [1.165, 1.54) is 11.5 Å². The summed E-state index contributed by atoms with van der Waals surface area (Å²) in [4.78, 5) is 10.7. The van der Waals surface area contributed by atoms with Gasteiger partial charge in [0.25, 0.3) is 0 Å². The number of imidazole rings is 1. The zero-order valence-electron chi connectivity index (χ0n) is 5.96. The first-order valence-electron chi connectivity index (χ1n) is 2.92. The molecule has 54 valence electrons. The number of hydrogen-bond donors (Lipinski definition) is 1. The minimum Gasteiger partial charge on any atom is -0.320 e. The Morgan fingerprint density at radius 3 is 2.40 bits per heavy atom. The lowest BCUT2D eigenvalue weighted by Gasteiger charge is -1.92. The monoisotopic (exact) mass is 139 g/mol. The van der Waals surface area contributed by atoms with Crippen molar-refractivity contribution in [1.82, 2.24) is 9.13 Å². The fourth-order valence-corrected chi connectivity index (χ4v) is 0.732. The maximum atomic E-state index is 10.7. The molecule has 1 aromatic rings. The minimum atomic E-state index is -0.134. The van der Waals surface area contributed by atoms with Crippen LogP contribution in [0.1, 0.15) is 11.7 Å². The zero-order valence-corrected chi connectivity index (χ0v) is 5.96. The van der Waals surface area contributed by atoms with Crippen molar-refractivity contribution in [2.75, 3.05) is 0 Å². The van der Waals surface area contributed by atoms with Gasteiger partial charge in [0.2, 0.25) is 11.5 Å². The Balaban J connectivity index is 3.32. The molecule has 0 fully saturated rings. The van der Waals surface area contributed by atoms with Crippen LogP contribution in [0, 0.1) is 5.41 Å². The van der Waals surface area contributed by atoms with Gasteiger partial charge < -0.3 is 4.57 Å². The van der Waals surface area contributed by atoms with E-state index in [1.54, 1.807) is 24.0 Å². The van der Waals surface area contributed by atoms with Gasteiger partial charge in [-0.05, 0) is 0 Å². The highest BCUT2D eigenvalue weighted by Crippen LogP contribution is 1.79. The van der Waals surface area contributed by atoms with Gasteiger partial charge in [-0.2, -0.15) is 0 Å². The summed E-state index contributed by atoms with van der Waals surface area (Å²) in [7, 11) is 1.72. The first kappa shape index (κ1) is 6.80. The SMILES string of the molecule is CC(=O)n1ccn(C)c1=N. The van der Waals surface area contributed by atoms with Crippen LogP contribution in [-0.2, 0) is 7.05 Å². The van der Waals surface area contributed by atoms with E-state index < -0.39 is 0 Å². The molecule has 1 N–H and O–H groups in total. The maximum Gasteiger partial charge on any atom is 0.230 e. The largest absolute Gasteiger partial charge is 0.320 e. The van der Waals surface area contributed by atoms with Crippen LogP contribution in [-0.4, -0.2) is 15.0 Å². The standard InChI is InChI=1S/C6H9N3O/c1-5(10)9-4-3-8(2)6(9)7/h3-4,7H,1-2H3. The van der Waals surface area contributed by atoms with E-state index in [2.05, 4.69) is 0 Å². The number of aryl methyl sites for hydroxylation is 1. The van der Waals surface area contributed by atoms with Gasteiger partial charge in [0.05, 0.1) is 0 Å². The van der Waals surface area contributed by atoms with Gasteiger partial charge in [-0.3, -0.25) is 14.8 Å². The van der Waals surface area contributed by atoms with Crippen molar-refractivity contribution >= 4 is 5.91 Å². The Morgan fingerprint density at radius 1 is 1.60 bits per heavy atom. The van der Waals surface area contributed by atoms with Crippen LogP contribution < -0.4 is 5.62 Å². The van der Waals surface area contributed by atoms with Crippen LogP contribution in [0.25, 0.3) is 0 Å². The molecular weight excluding hydrogens is 130 g/mol. The second kappa shape index (κ2) is 2.13. The van der Waals surface area contributed by atoms with E-state index in [0.29, 0.717) is 0 Å². The molecule has 1 rings (SSSR count). The summed E-state index contributed by atoms with van der Waals surface area (Å²) in [5.41, 5.74) is 0.201. The molecule has 0 unspecified atom stereocenters. The number of aromatic nitrogens is 2. The Hall–Kier alpha value is -1.32. The van der Waals surface area contributed by atoms with Crippen LogP contribution in [0.5, 0.6) is 0 Å². The third-order valence-corrected chi connectivity index (χ3v) is 1.34. The zero-order chi connectivity index (χ0) is 7.72. The van der Waals surface area contributed by atoms with Gasteiger partial charge in [-0.15, -0.1) is 0 Å². The molecule has 4 nitrogen and oxygen atoms in total. The van der Waals surface area contributed by atoms with E-state index in [1.807, 2.05) is 0 Å². The molecule has 0 spiro atoms. The highest BCUT2D eigenvalue weighted by atomic mass is 16.1. The van der Waals surface area contributed by atoms with Crippen molar-refractivity contribution < 1.29 is 4.79 Å². The van der Waals surface area contributed by atoms with Gasteiger partial charge in [0.1, 0.15) is 0 Å². The lowest BCUT2D eigenvalue weighted by atomic mass is 10.7. The van der Waals surface area contributed by atoms with Crippen LogP contribution in [0.2, 0.25) is 0 Å². The summed E-state index contributed by atoms with van der Waals surface area (Å²) in [5.74, 6) is -0.134. The second-order valence-corrected chi connectivity index (χ2v) is 2.12. The summed E-state index contributed by atoms with van der Waals surface area (Å²) in [6.45, 7) is 1.43. The number of hydrogen-bond acceptors (Lipinski definition) is 2. The molecule has 0 aromatic carbocycles. The van der Waals surface area contributed by atoms with E-state index in [0.717, 1.165) is 0 Å². The van der Waals surface area contributed by atoms with Crippen molar-refractivity contribution in [1.29, 1.82) is 5.41 Å². The molecule has 10 heavy (non-hydrogen) atoms. The van der Waals surface area contributed by atoms with Crippen LogP contribution in [0.4, 0.5) is 0 Å². The fraction of sp³-hybridized carbons (Fsp3) is 0.333. The number of rotatable bonds is 0. The highest BCUT2D eigenvalue weighted by molar-refractivity contribution is 5.75. The van der Waals surface area contributed by atoms with Crippen molar-refractivity contribution in [3.05, 3.63) is 18.0 Å². The molecule has 0 aliphatic rings. The molecule has 0 atom stereocenters. The lowest BCUT2D eigenvalue weighted by Crippen LogP contribution is -2.25. The van der Waals surface area contributed by atoms with Gasteiger partial charge in [-0.1, -0.05) is 0 Å². The predicted molar refractivity (Wildman–Crippen MR) is 35.6 cm³/mol. The number of nitrogens with one attached hydrogen (secondary N) is 1. The smallest absolute Gasteiger partial charge is 0.230 e. The molecule has 0 bridgehead atoms. The van der Waals surface area contributed by atoms with Crippen LogP contribution in [0.3, 0.4) is 0 Å². The molecule has 1 heterocycles. The summed E-state index contributed by atoms with van der Waals surface area (Å²) in [5, 5.41) is 7.31. The van der Waals surface area contributed by atoms with Crippen molar-refractivity contribution in [2.24, 2.45) is 7.05 Å². The Morgan fingerprint density at radius 2 is 2.20 bits per heavy atom. The summed E-state index contributed by atoms with van der Waals surface area (Å²) in [6.07, 6.45) is 3.24. The van der Waals surface area contributed by atoms with Gasteiger partial charge in [0, 0.05) is 26.4 Å². The predicted octanol–water partition coefficient (Wildman–Crippen LogP) is -0.0338. The molecule has 0 saturated heterocycles. The lowest BCUT2D eigenvalue weighted by molar-refractivity contribution is 0.0930. The molecule has 1 aromatic heterocycles. The quantitative estimate of drug-likeness (QED) is 0.539. The first-order chi connectivity index (χ1) is 4.63. The minimum absolute atomic E-state index is 0.134. The average Bonchev–Trinajstić information content (AvgIpc) is 2.14. The first-order valence-corrected chi connectivity index (χ1v) is 2.92. The van der Waals surface area contributed by atoms with Gasteiger partial charge in [-0.25, -0.2) is 0 Å². The maximum absolute atomic E-state index is 10.7. The molecule has 0 aliphatic heterocycles. The van der Waals surface area contributed by atoms with Crippen molar-refractivity contribution in [2.45, 2.75) is 6.92 Å². The average molecular weight is 139 g/mol. The van der Waals surface area contributed by atoms with Crippen molar-refractivity contribution in [3.8, 4) is 0 Å². The third-order valence-electron chi connectivity index (χ3n) is 1.34. The summed E-state index contributed by atoms with van der Waals surface area (Å²) >= 11 is 0. The molecule has 0 aliphatic carbocycles. The van der Waals surface area contributed by atoms with Gasteiger partial charge in [0.15, 0.2) is 0 Å². The number of nitrogens with zero attached hydrogens (tertiary/aromatic N) is 2. The fourth-order valence-electron chi connectivity index (χ4n) is 0.732.